The van der Waals surface area contributed by atoms with Crippen molar-refractivity contribution in [3.05, 3.63) is 0 Å². The van der Waals surface area contributed by atoms with Crippen molar-refractivity contribution in [1.29, 1.82) is 0 Å². The van der Waals surface area contributed by atoms with Crippen molar-refractivity contribution < 1.29 is 0 Å². The van der Waals surface area contributed by atoms with Crippen LogP contribution in [0.2, 0.25) is 0 Å². The van der Waals surface area contributed by atoms with Gasteiger partial charge in [-0.15, -0.1) is 0 Å². The van der Waals surface area contributed by atoms with Crippen molar-refractivity contribution in [2.45, 2.75) is 70.8 Å². The highest BCUT2D eigenvalue weighted by Gasteiger charge is 2.62. The third-order valence-corrected chi connectivity index (χ3v) is 4.00. The van der Waals surface area contributed by atoms with Gasteiger partial charge in [0.05, 0.1) is 0 Å². The Hall–Kier alpha value is -0.0400. The molecule has 2 aliphatic carbocycles. The Balaban J connectivity index is 1.34. The van der Waals surface area contributed by atoms with Crippen molar-refractivity contribution >= 4 is 0 Å². The molecule has 0 radical (unpaired) electrons. The Morgan fingerprint density at radius 2 is 1.79 bits per heavy atom. The molecule has 1 atom stereocenters. The maximum atomic E-state index is 3.70. The summed E-state index contributed by atoms with van der Waals surface area (Å²) in [7, 11) is 0. The van der Waals surface area contributed by atoms with Gasteiger partial charge in [-0.3, -0.25) is 0 Å². The number of nitrogens with one attached hydrogen (secondary N) is 1. The lowest BCUT2D eigenvalue weighted by Crippen LogP contribution is -2.19. The van der Waals surface area contributed by atoms with Gasteiger partial charge in [-0.1, -0.05) is 39.0 Å². The summed E-state index contributed by atoms with van der Waals surface area (Å²) in [4.78, 5) is 0. The van der Waals surface area contributed by atoms with Crippen LogP contribution in [0.15, 0.2) is 0 Å². The van der Waals surface area contributed by atoms with E-state index in [1.54, 1.807) is 0 Å². The molecule has 0 saturated heterocycles. The highest BCUT2D eigenvalue weighted by atomic mass is 15.0. The van der Waals surface area contributed by atoms with Crippen molar-refractivity contribution in [2.75, 3.05) is 6.54 Å². The predicted molar refractivity (Wildman–Crippen MR) is 61.5 cm³/mol. The second kappa shape index (κ2) is 4.65. The molecular formula is C13H25N. The standard InChI is InChI=1S/C13H25N/c1-2-3-4-5-6-7-10-14-12-11-13(12)8-9-13/h12,14H,2-11H2,1H3. The van der Waals surface area contributed by atoms with Crippen LogP contribution in [-0.2, 0) is 0 Å². The van der Waals surface area contributed by atoms with Gasteiger partial charge in [-0.05, 0) is 37.6 Å². The van der Waals surface area contributed by atoms with Crippen molar-refractivity contribution in [3.63, 3.8) is 0 Å². The first-order valence-electron chi connectivity index (χ1n) is 6.61. The van der Waals surface area contributed by atoms with E-state index in [9.17, 15) is 0 Å². The van der Waals surface area contributed by atoms with Crippen molar-refractivity contribution in [3.8, 4) is 0 Å². The molecule has 0 aromatic heterocycles. The van der Waals surface area contributed by atoms with Gasteiger partial charge < -0.3 is 5.32 Å². The molecule has 14 heavy (non-hydrogen) atoms. The molecule has 1 heteroatoms. The average molecular weight is 195 g/mol. The molecule has 1 unspecified atom stereocenters. The van der Waals surface area contributed by atoms with E-state index in [2.05, 4.69) is 12.2 Å². The van der Waals surface area contributed by atoms with Gasteiger partial charge >= 0.3 is 0 Å². The molecule has 2 aliphatic rings. The van der Waals surface area contributed by atoms with Gasteiger partial charge in [-0.2, -0.15) is 0 Å². The zero-order valence-electron chi connectivity index (χ0n) is 9.65. The van der Waals surface area contributed by atoms with Crippen LogP contribution < -0.4 is 5.32 Å². The molecule has 1 spiro atoms. The van der Waals surface area contributed by atoms with Crippen LogP contribution in [-0.4, -0.2) is 12.6 Å². The Morgan fingerprint density at radius 1 is 1.07 bits per heavy atom. The summed E-state index contributed by atoms with van der Waals surface area (Å²) in [6.07, 6.45) is 13.0. The lowest BCUT2D eigenvalue weighted by atomic mass is 10.1. The maximum Gasteiger partial charge on any atom is 0.0130 e. The van der Waals surface area contributed by atoms with Crippen molar-refractivity contribution in [2.24, 2.45) is 5.41 Å². The second-order valence-corrected chi connectivity index (χ2v) is 5.34. The molecule has 2 fully saturated rings. The molecule has 0 amide bonds. The van der Waals surface area contributed by atoms with Gasteiger partial charge in [0.25, 0.3) is 0 Å². The normalized spacial score (nSPS) is 26.8. The summed E-state index contributed by atoms with van der Waals surface area (Å²) in [6, 6.07) is 0.929. The lowest BCUT2D eigenvalue weighted by Gasteiger charge is -2.03. The Kier molecular flexibility index (Phi) is 3.48. The number of hydrogen-bond donors (Lipinski definition) is 1. The van der Waals surface area contributed by atoms with Crippen LogP contribution in [0.4, 0.5) is 0 Å². The van der Waals surface area contributed by atoms with Gasteiger partial charge in [0, 0.05) is 6.04 Å². The zero-order valence-corrected chi connectivity index (χ0v) is 9.65. The van der Waals surface area contributed by atoms with E-state index in [1.165, 1.54) is 64.3 Å². The summed E-state index contributed by atoms with van der Waals surface area (Å²) in [6.45, 7) is 3.56. The highest BCUT2D eigenvalue weighted by molar-refractivity contribution is 5.16. The van der Waals surface area contributed by atoms with Crippen molar-refractivity contribution in [1.82, 2.24) is 5.32 Å². The first-order valence-corrected chi connectivity index (χ1v) is 6.61. The fourth-order valence-electron chi connectivity index (χ4n) is 2.53. The molecule has 1 N–H and O–H groups in total. The van der Waals surface area contributed by atoms with Gasteiger partial charge in [0.1, 0.15) is 0 Å². The summed E-state index contributed by atoms with van der Waals surface area (Å²) >= 11 is 0. The monoisotopic (exact) mass is 195 g/mol. The quantitative estimate of drug-likeness (QED) is 0.585. The van der Waals surface area contributed by atoms with Crippen LogP contribution in [0.3, 0.4) is 0 Å². The van der Waals surface area contributed by atoms with E-state index in [-0.39, 0.29) is 0 Å². The third-order valence-electron chi connectivity index (χ3n) is 4.00. The molecule has 0 bridgehead atoms. The fourth-order valence-corrected chi connectivity index (χ4v) is 2.53. The summed E-state index contributed by atoms with van der Waals surface area (Å²) in [5.74, 6) is 0. The smallest absolute Gasteiger partial charge is 0.0130 e. The number of hydrogen-bond acceptors (Lipinski definition) is 1. The largest absolute Gasteiger partial charge is 0.313 e. The van der Waals surface area contributed by atoms with Gasteiger partial charge in [0.2, 0.25) is 0 Å². The van der Waals surface area contributed by atoms with Crippen LogP contribution in [0.25, 0.3) is 0 Å². The molecular weight excluding hydrogens is 170 g/mol. The minimum Gasteiger partial charge on any atom is -0.313 e. The minimum atomic E-state index is 0.849. The van der Waals surface area contributed by atoms with E-state index in [0.29, 0.717) is 0 Å². The molecule has 82 valence electrons. The minimum absolute atomic E-state index is 0.849. The average Bonchev–Trinajstić information content (AvgIpc) is 3.08. The van der Waals surface area contributed by atoms with Crippen LogP contribution in [0.1, 0.15) is 64.7 Å². The van der Waals surface area contributed by atoms with E-state index < -0.39 is 0 Å². The first-order chi connectivity index (χ1) is 6.87. The summed E-state index contributed by atoms with van der Waals surface area (Å²) in [5, 5.41) is 3.70. The van der Waals surface area contributed by atoms with Crippen LogP contribution in [0, 0.1) is 5.41 Å². The third kappa shape index (κ3) is 2.73. The Labute approximate surface area is 88.7 Å². The molecule has 2 rings (SSSR count). The summed E-state index contributed by atoms with van der Waals surface area (Å²) < 4.78 is 0. The van der Waals surface area contributed by atoms with E-state index in [1.807, 2.05) is 0 Å². The van der Waals surface area contributed by atoms with Gasteiger partial charge in [-0.25, -0.2) is 0 Å². The first kappa shape index (κ1) is 10.5. The molecule has 0 aromatic rings. The molecule has 0 aliphatic heterocycles. The lowest BCUT2D eigenvalue weighted by molar-refractivity contribution is 0.556. The SMILES string of the molecule is CCCCCCCCNC1CC12CC2. The number of rotatable bonds is 8. The maximum absolute atomic E-state index is 3.70. The topological polar surface area (TPSA) is 12.0 Å². The van der Waals surface area contributed by atoms with E-state index in [0.717, 1.165) is 11.5 Å². The molecule has 0 aromatic carbocycles. The Morgan fingerprint density at radius 3 is 2.43 bits per heavy atom. The fraction of sp³-hybridized carbons (Fsp3) is 1.00. The van der Waals surface area contributed by atoms with E-state index in [4.69, 9.17) is 0 Å². The van der Waals surface area contributed by atoms with Crippen LogP contribution in [0.5, 0.6) is 0 Å². The predicted octanol–water partition coefficient (Wildman–Crippen LogP) is 3.49. The van der Waals surface area contributed by atoms with Gasteiger partial charge in [0.15, 0.2) is 0 Å². The molecule has 2 saturated carbocycles. The zero-order chi connectivity index (χ0) is 9.86. The molecule has 0 heterocycles. The Bertz CT molecular complexity index is 172. The number of unbranched alkanes of at least 4 members (excludes halogenated alkanes) is 5. The molecule has 1 nitrogen and oxygen atoms in total. The highest BCUT2D eigenvalue weighted by Crippen LogP contribution is 2.65. The second-order valence-electron chi connectivity index (χ2n) is 5.34. The van der Waals surface area contributed by atoms with Crippen LogP contribution >= 0.6 is 0 Å². The summed E-state index contributed by atoms with van der Waals surface area (Å²) in [5.41, 5.74) is 0.849. The van der Waals surface area contributed by atoms with E-state index >= 15 is 0 Å².